The van der Waals surface area contributed by atoms with Crippen molar-refractivity contribution in [3.63, 3.8) is 0 Å². The SMILES string of the molecule is CCc1ccc(CNCC2CCS(=O)(=O)C2)s1. The van der Waals surface area contributed by atoms with Crippen molar-refractivity contribution in [1.82, 2.24) is 5.32 Å². The molecule has 2 rings (SSSR count). The van der Waals surface area contributed by atoms with Crippen molar-refractivity contribution in [2.24, 2.45) is 5.92 Å². The second-order valence-electron chi connectivity index (χ2n) is 4.62. The number of aryl methyl sites for hydroxylation is 1. The van der Waals surface area contributed by atoms with Gasteiger partial charge in [-0.1, -0.05) is 6.92 Å². The molecule has 1 saturated heterocycles. The van der Waals surface area contributed by atoms with Crippen molar-refractivity contribution in [1.29, 1.82) is 0 Å². The topological polar surface area (TPSA) is 46.2 Å². The highest BCUT2D eigenvalue weighted by Crippen LogP contribution is 2.19. The number of nitrogens with one attached hydrogen (secondary N) is 1. The second kappa shape index (κ2) is 5.50. The van der Waals surface area contributed by atoms with Gasteiger partial charge in [0.25, 0.3) is 0 Å². The summed E-state index contributed by atoms with van der Waals surface area (Å²) in [5, 5.41) is 3.36. The fraction of sp³-hybridized carbons (Fsp3) is 0.667. The van der Waals surface area contributed by atoms with E-state index in [9.17, 15) is 8.42 Å². The first-order valence-corrected chi connectivity index (χ1v) is 8.71. The summed E-state index contributed by atoms with van der Waals surface area (Å²) in [6.07, 6.45) is 1.91. The van der Waals surface area contributed by atoms with E-state index in [0.717, 1.165) is 25.9 Å². The number of rotatable bonds is 5. The van der Waals surface area contributed by atoms with E-state index in [1.807, 2.05) is 11.3 Å². The van der Waals surface area contributed by atoms with Gasteiger partial charge in [0.15, 0.2) is 9.84 Å². The van der Waals surface area contributed by atoms with Crippen LogP contribution in [0, 0.1) is 5.92 Å². The normalized spacial score (nSPS) is 23.0. The van der Waals surface area contributed by atoms with E-state index in [-0.39, 0.29) is 0 Å². The van der Waals surface area contributed by atoms with Crippen LogP contribution in [-0.4, -0.2) is 26.5 Å². The fourth-order valence-electron chi connectivity index (χ4n) is 2.14. The van der Waals surface area contributed by atoms with Crippen molar-refractivity contribution < 1.29 is 8.42 Å². The largest absolute Gasteiger partial charge is 0.312 e. The van der Waals surface area contributed by atoms with E-state index in [1.165, 1.54) is 9.75 Å². The third-order valence-electron chi connectivity index (χ3n) is 3.12. The zero-order valence-corrected chi connectivity index (χ0v) is 11.7. The Balaban J connectivity index is 1.73. The molecule has 1 aliphatic rings. The summed E-state index contributed by atoms with van der Waals surface area (Å²) in [5.74, 6) is 1.05. The van der Waals surface area contributed by atoms with Crippen LogP contribution in [0.15, 0.2) is 12.1 Å². The van der Waals surface area contributed by atoms with Gasteiger partial charge < -0.3 is 5.32 Å². The van der Waals surface area contributed by atoms with Gasteiger partial charge in [0, 0.05) is 16.3 Å². The highest BCUT2D eigenvalue weighted by Gasteiger charge is 2.27. The Bertz CT molecular complexity index is 465. The summed E-state index contributed by atoms with van der Waals surface area (Å²) in [6, 6.07) is 4.32. The van der Waals surface area contributed by atoms with Gasteiger partial charge in [-0.05, 0) is 37.4 Å². The van der Waals surface area contributed by atoms with Crippen LogP contribution in [-0.2, 0) is 22.8 Å². The molecule has 96 valence electrons. The first-order chi connectivity index (χ1) is 8.09. The predicted octanol–water partition coefficient (Wildman–Crippen LogP) is 1.83. The zero-order valence-electron chi connectivity index (χ0n) is 10.1. The van der Waals surface area contributed by atoms with Crippen LogP contribution in [0.4, 0.5) is 0 Å². The minimum absolute atomic E-state index is 0.311. The molecule has 0 aliphatic carbocycles. The van der Waals surface area contributed by atoms with Crippen LogP contribution in [0.2, 0.25) is 0 Å². The lowest BCUT2D eigenvalue weighted by Gasteiger charge is -2.08. The van der Waals surface area contributed by atoms with Crippen molar-refractivity contribution in [2.75, 3.05) is 18.1 Å². The molecule has 0 radical (unpaired) electrons. The molecule has 1 aromatic heterocycles. The molecule has 3 nitrogen and oxygen atoms in total. The summed E-state index contributed by atoms with van der Waals surface area (Å²) in [5.41, 5.74) is 0. The predicted molar refractivity (Wildman–Crippen MR) is 72.2 cm³/mol. The highest BCUT2D eigenvalue weighted by molar-refractivity contribution is 7.91. The molecular formula is C12H19NO2S2. The molecule has 0 aromatic carbocycles. The van der Waals surface area contributed by atoms with Gasteiger partial charge in [0.2, 0.25) is 0 Å². The van der Waals surface area contributed by atoms with Gasteiger partial charge in [-0.15, -0.1) is 11.3 Å². The van der Waals surface area contributed by atoms with E-state index >= 15 is 0 Å². The zero-order chi connectivity index (χ0) is 12.3. The van der Waals surface area contributed by atoms with Gasteiger partial charge in [0.05, 0.1) is 11.5 Å². The summed E-state index contributed by atoms with van der Waals surface area (Å²) in [6.45, 7) is 3.84. The van der Waals surface area contributed by atoms with Gasteiger partial charge >= 0.3 is 0 Å². The lowest BCUT2D eigenvalue weighted by atomic mass is 10.1. The summed E-state index contributed by atoms with van der Waals surface area (Å²) >= 11 is 1.83. The Morgan fingerprint density at radius 3 is 2.76 bits per heavy atom. The molecule has 1 unspecified atom stereocenters. The minimum Gasteiger partial charge on any atom is -0.312 e. The third kappa shape index (κ3) is 3.79. The van der Waals surface area contributed by atoms with Gasteiger partial charge in [-0.3, -0.25) is 0 Å². The second-order valence-corrected chi connectivity index (χ2v) is 8.10. The van der Waals surface area contributed by atoms with Gasteiger partial charge in [0.1, 0.15) is 0 Å². The molecule has 2 heterocycles. The van der Waals surface area contributed by atoms with Crippen molar-refractivity contribution in [2.45, 2.75) is 26.3 Å². The van der Waals surface area contributed by atoms with Crippen molar-refractivity contribution >= 4 is 21.2 Å². The highest BCUT2D eigenvalue weighted by atomic mass is 32.2. The van der Waals surface area contributed by atoms with E-state index in [2.05, 4.69) is 24.4 Å². The van der Waals surface area contributed by atoms with Crippen LogP contribution >= 0.6 is 11.3 Å². The quantitative estimate of drug-likeness (QED) is 0.890. The molecule has 0 amide bonds. The molecule has 5 heteroatoms. The molecule has 1 fully saturated rings. The van der Waals surface area contributed by atoms with Crippen LogP contribution in [0.25, 0.3) is 0 Å². The maximum absolute atomic E-state index is 11.3. The van der Waals surface area contributed by atoms with Gasteiger partial charge in [-0.2, -0.15) is 0 Å². The number of sulfone groups is 1. The molecule has 1 aliphatic heterocycles. The number of hydrogen-bond donors (Lipinski definition) is 1. The summed E-state index contributed by atoms with van der Waals surface area (Å²) in [4.78, 5) is 2.74. The molecule has 0 bridgehead atoms. The molecule has 1 aromatic rings. The van der Waals surface area contributed by atoms with E-state index in [1.54, 1.807) is 0 Å². The summed E-state index contributed by atoms with van der Waals surface area (Å²) in [7, 11) is -2.73. The van der Waals surface area contributed by atoms with Crippen LogP contribution < -0.4 is 5.32 Å². The van der Waals surface area contributed by atoms with E-state index < -0.39 is 9.84 Å². The third-order valence-corrected chi connectivity index (χ3v) is 6.19. The van der Waals surface area contributed by atoms with Crippen LogP contribution in [0.1, 0.15) is 23.1 Å². The van der Waals surface area contributed by atoms with Crippen LogP contribution in [0.3, 0.4) is 0 Å². The fourth-order valence-corrected chi connectivity index (χ4v) is 4.93. The molecule has 1 N–H and O–H groups in total. The monoisotopic (exact) mass is 273 g/mol. The minimum atomic E-state index is -2.73. The molecule has 1 atom stereocenters. The summed E-state index contributed by atoms with van der Waals surface area (Å²) < 4.78 is 22.6. The Hall–Kier alpha value is -0.390. The number of hydrogen-bond acceptors (Lipinski definition) is 4. The first-order valence-electron chi connectivity index (χ1n) is 6.08. The molecule has 0 spiro atoms. The molecule has 0 saturated carbocycles. The Morgan fingerprint density at radius 2 is 2.18 bits per heavy atom. The average molecular weight is 273 g/mol. The van der Waals surface area contributed by atoms with Gasteiger partial charge in [-0.25, -0.2) is 8.42 Å². The van der Waals surface area contributed by atoms with E-state index in [4.69, 9.17) is 0 Å². The Labute approximate surface area is 107 Å². The molecule has 17 heavy (non-hydrogen) atoms. The lowest BCUT2D eigenvalue weighted by molar-refractivity contribution is 0.522. The smallest absolute Gasteiger partial charge is 0.150 e. The number of thiophene rings is 1. The maximum Gasteiger partial charge on any atom is 0.150 e. The average Bonchev–Trinajstić information content (AvgIpc) is 2.85. The van der Waals surface area contributed by atoms with Crippen molar-refractivity contribution in [3.05, 3.63) is 21.9 Å². The Morgan fingerprint density at radius 1 is 1.41 bits per heavy atom. The van der Waals surface area contributed by atoms with E-state index in [0.29, 0.717) is 17.4 Å². The maximum atomic E-state index is 11.3. The Kier molecular flexibility index (Phi) is 4.22. The first kappa shape index (κ1) is 13.1. The van der Waals surface area contributed by atoms with Crippen LogP contribution in [0.5, 0.6) is 0 Å². The van der Waals surface area contributed by atoms with Crippen molar-refractivity contribution in [3.8, 4) is 0 Å². The lowest BCUT2D eigenvalue weighted by Crippen LogP contribution is -2.22. The standard InChI is InChI=1S/C12H19NO2S2/c1-2-11-3-4-12(16-11)8-13-7-10-5-6-17(14,15)9-10/h3-4,10,13H,2,5-9H2,1H3. The molecular weight excluding hydrogens is 254 g/mol.